The molecule has 0 radical (unpaired) electrons. The molecule has 5 rings (SSSR count). The van der Waals surface area contributed by atoms with E-state index in [4.69, 9.17) is 14.5 Å². The highest BCUT2D eigenvalue weighted by atomic mass is 16.7. The van der Waals surface area contributed by atoms with Gasteiger partial charge in [0.25, 0.3) is 0 Å². The van der Waals surface area contributed by atoms with Crippen LogP contribution in [0.2, 0.25) is 0 Å². The van der Waals surface area contributed by atoms with Crippen LogP contribution in [0.1, 0.15) is 23.7 Å². The number of amides is 1. The van der Waals surface area contributed by atoms with Gasteiger partial charge in [0.1, 0.15) is 5.82 Å². The predicted molar refractivity (Wildman–Crippen MR) is 109 cm³/mol. The largest absolute Gasteiger partial charge is 0.348 e. The second-order valence-electron chi connectivity index (χ2n) is 7.83. The van der Waals surface area contributed by atoms with Gasteiger partial charge in [0, 0.05) is 13.0 Å². The molecule has 2 aliphatic rings. The van der Waals surface area contributed by atoms with E-state index in [1.807, 2.05) is 54.4 Å². The van der Waals surface area contributed by atoms with Crippen LogP contribution >= 0.6 is 0 Å². The van der Waals surface area contributed by atoms with Gasteiger partial charge in [-0.15, -0.1) is 0 Å². The Morgan fingerprint density at radius 1 is 1.10 bits per heavy atom. The highest BCUT2D eigenvalue weighted by Crippen LogP contribution is 2.48. The van der Waals surface area contributed by atoms with Gasteiger partial charge < -0.3 is 18.9 Å². The number of nitrogens with zero attached hydrogens (tertiary/aromatic N) is 3. The van der Waals surface area contributed by atoms with Crippen molar-refractivity contribution in [3.8, 4) is 0 Å². The highest BCUT2D eigenvalue weighted by molar-refractivity contribution is 5.83. The summed E-state index contributed by atoms with van der Waals surface area (Å²) in [5.74, 6) is 1.35. The second-order valence-corrected chi connectivity index (χ2v) is 7.83. The van der Waals surface area contributed by atoms with Gasteiger partial charge in [-0.25, -0.2) is 4.98 Å². The molecule has 6 nitrogen and oxygen atoms in total. The number of hydrogen-bond donors (Lipinski definition) is 0. The van der Waals surface area contributed by atoms with Crippen LogP contribution in [0.3, 0.4) is 0 Å². The average molecular weight is 391 g/mol. The molecule has 2 aromatic carbocycles. The number of imidazole rings is 1. The number of ether oxygens (including phenoxy) is 2. The summed E-state index contributed by atoms with van der Waals surface area (Å²) < 4.78 is 13.3. The molecule has 1 aliphatic heterocycles. The maximum Gasteiger partial charge on any atom is 0.226 e. The number of carbonyl (C=O) groups excluding carboxylic acids is 1. The first-order valence-electron chi connectivity index (χ1n) is 10.2. The van der Waals surface area contributed by atoms with Crippen molar-refractivity contribution in [1.82, 2.24) is 14.5 Å². The molecule has 0 spiro atoms. The number of hydrogen-bond acceptors (Lipinski definition) is 4. The van der Waals surface area contributed by atoms with Crippen molar-refractivity contribution in [2.75, 3.05) is 19.8 Å². The standard InChI is InChI=1S/C23H25N3O3/c1-25-20-10-6-5-9-19(20)24-21(25)14-26(15-22-28-11-12-29-22)23(27)18-13-17(18)16-7-3-2-4-8-16/h2-10,17-18,22H,11-15H2,1H3/t17-,18-/m0/s1. The Labute approximate surface area is 170 Å². The van der Waals surface area contributed by atoms with Gasteiger partial charge in [-0.05, 0) is 30.0 Å². The van der Waals surface area contributed by atoms with Gasteiger partial charge in [0.2, 0.25) is 5.91 Å². The second kappa shape index (κ2) is 7.61. The third-order valence-corrected chi connectivity index (χ3v) is 5.92. The Balaban J connectivity index is 1.37. The van der Waals surface area contributed by atoms with Crippen molar-refractivity contribution in [3.63, 3.8) is 0 Å². The number of carbonyl (C=O) groups is 1. The number of aromatic nitrogens is 2. The molecule has 2 fully saturated rings. The first kappa shape index (κ1) is 18.3. The van der Waals surface area contributed by atoms with Crippen LogP contribution in [0.25, 0.3) is 11.0 Å². The zero-order valence-electron chi connectivity index (χ0n) is 16.5. The molecule has 1 amide bonds. The summed E-state index contributed by atoms with van der Waals surface area (Å²) in [7, 11) is 2.00. The molecule has 0 unspecified atom stereocenters. The Morgan fingerprint density at radius 2 is 1.83 bits per heavy atom. The predicted octanol–water partition coefficient (Wildman–Crippen LogP) is 3.08. The van der Waals surface area contributed by atoms with Crippen molar-refractivity contribution in [2.24, 2.45) is 13.0 Å². The molecule has 2 heterocycles. The van der Waals surface area contributed by atoms with Gasteiger partial charge in [0.15, 0.2) is 6.29 Å². The monoisotopic (exact) mass is 391 g/mol. The number of aryl methyl sites for hydroxylation is 1. The smallest absolute Gasteiger partial charge is 0.226 e. The van der Waals surface area contributed by atoms with Crippen molar-refractivity contribution in [2.45, 2.75) is 25.2 Å². The molecule has 1 saturated carbocycles. The van der Waals surface area contributed by atoms with Crippen molar-refractivity contribution >= 4 is 16.9 Å². The van der Waals surface area contributed by atoms with E-state index < -0.39 is 0 Å². The Kier molecular flexibility index (Phi) is 4.81. The minimum absolute atomic E-state index is 0.0217. The van der Waals surface area contributed by atoms with Crippen molar-refractivity contribution in [3.05, 3.63) is 66.0 Å². The molecule has 2 atom stereocenters. The highest BCUT2D eigenvalue weighted by Gasteiger charge is 2.46. The summed E-state index contributed by atoms with van der Waals surface area (Å²) in [6.45, 7) is 2.04. The SMILES string of the molecule is Cn1c(CN(CC2OCCO2)C(=O)[C@H]2C[C@H]2c2ccccc2)nc2ccccc21. The van der Waals surface area contributed by atoms with Crippen LogP contribution in [0.4, 0.5) is 0 Å². The van der Waals surface area contributed by atoms with Crippen LogP contribution in [-0.2, 0) is 27.9 Å². The van der Waals surface area contributed by atoms with Crippen LogP contribution in [-0.4, -0.2) is 46.4 Å². The molecule has 6 heteroatoms. The lowest BCUT2D eigenvalue weighted by Gasteiger charge is -2.25. The molecule has 1 saturated heterocycles. The van der Waals surface area contributed by atoms with E-state index in [0.29, 0.717) is 32.2 Å². The van der Waals surface area contributed by atoms with Gasteiger partial charge in [-0.2, -0.15) is 0 Å². The van der Waals surface area contributed by atoms with E-state index in [2.05, 4.69) is 16.7 Å². The van der Waals surface area contributed by atoms with Gasteiger partial charge in [-0.3, -0.25) is 4.79 Å². The number of para-hydroxylation sites is 2. The minimum atomic E-state index is -0.359. The van der Waals surface area contributed by atoms with Crippen molar-refractivity contribution in [1.29, 1.82) is 0 Å². The molecular formula is C23H25N3O3. The molecule has 0 bridgehead atoms. The summed E-state index contributed by atoms with van der Waals surface area (Å²) in [5.41, 5.74) is 3.25. The van der Waals surface area contributed by atoms with Crippen LogP contribution in [0, 0.1) is 5.92 Å². The van der Waals surface area contributed by atoms with Crippen LogP contribution in [0.15, 0.2) is 54.6 Å². The van der Waals surface area contributed by atoms with Gasteiger partial charge >= 0.3 is 0 Å². The molecule has 1 aliphatic carbocycles. The third kappa shape index (κ3) is 3.66. The lowest BCUT2D eigenvalue weighted by Crippen LogP contribution is -2.39. The maximum absolute atomic E-state index is 13.4. The van der Waals surface area contributed by atoms with E-state index in [0.717, 1.165) is 23.3 Å². The van der Waals surface area contributed by atoms with Gasteiger partial charge in [-0.1, -0.05) is 42.5 Å². The fraction of sp³-hybridized carbons (Fsp3) is 0.391. The number of rotatable bonds is 6. The van der Waals surface area contributed by atoms with E-state index in [1.54, 1.807) is 0 Å². The zero-order chi connectivity index (χ0) is 19.8. The van der Waals surface area contributed by atoms with Crippen molar-refractivity contribution < 1.29 is 14.3 Å². The maximum atomic E-state index is 13.4. The Morgan fingerprint density at radius 3 is 2.59 bits per heavy atom. The normalized spacial score (nSPS) is 21.6. The number of benzene rings is 2. The first-order valence-corrected chi connectivity index (χ1v) is 10.2. The summed E-state index contributed by atoms with van der Waals surface area (Å²) >= 11 is 0. The lowest BCUT2D eigenvalue weighted by molar-refractivity contribution is -0.140. The number of fused-ring (bicyclic) bond motifs is 1. The summed E-state index contributed by atoms with van der Waals surface area (Å²) in [6, 6.07) is 18.3. The van der Waals surface area contributed by atoms with E-state index in [-0.39, 0.29) is 18.1 Å². The minimum Gasteiger partial charge on any atom is -0.348 e. The molecule has 29 heavy (non-hydrogen) atoms. The molecule has 0 N–H and O–H groups in total. The van der Waals surface area contributed by atoms with E-state index in [1.165, 1.54) is 5.56 Å². The van der Waals surface area contributed by atoms with Crippen LogP contribution < -0.4 is 0 Å². The molecule has 1 aromatic heterocycles. The summed E-state index contributed by atoms with van der Waals surface area (Å²) in [6.07, 6.45) is 0.538. The fourth-order valence-electron chi connectivity index (χ4n) is 4.20. The summed E-state index contributed by atoms with van der Waals surface area (Å²) in [4.78, 5) is 20.0. The fourth-order valence-corrected chi connectivity index (χ4v) is 4.20. The average Bonchev–Trinajstić information content (AvgIpc) is 3.28. The molecule has 3 aromatic rings. The Hall–Kier alpha value is -2.70. The van der Waals surface area contributed by atoms with Crippen LogP contribution in [0.5, 0.6) is 0 Å². The molecule has 150 valence electrons. The first-order chi connectivity index (χ1) is 14.2. The summed E-state index contributed by atoms with van der Waals surface area (Å²) in [5, 5.41) is 0. The quantitative estimate of drug-likeness (QED) is 0.648. The van der Waals surface area contributed by atoms with E-state index >= 15 is 0 Å². The van der Waals surface area contributed by atoms with Gasteiger partial charge in [0.05, 0.1) is 37.3 Å². The lowest BCUT2D eigenvalue weighted by atomic mass is 10.1. The van der Waals surface area contributed by atoms with E-state index in [9.17, 15) is 4.79 Å². The molecular weight excluding hydrogens is 366 g/mol. The Bertz CT molecular complexity index is 1010. The zero-order valence-corrected chi connectivity index (χ0v) is 16.5. The topological polar surface area (TPSA) is 56.6 Å². The third-order valence-electron chi connectivity index (χ3n) is 5.92.